The highest BCUT2D eigenvalue weighted by Crippen LogP contribution is 2.20. The number of rotatable bonds is 6. The van der Waals surface area contributed by atoms with Gasteiger partial charge in [-0.05, 0) is 57.0 Å². The van der Waals surface area contributed by atoms with Gasteiger partial charge in [0.1, 0.15) is 0 Å². The average Bonchev–Trinajstić information content (AvgIpc) is 2.87. The summed E-state index contributed by atoms with van der Waals surface area (Å²) in [5, 5.41) is 7.33. The van der Waals surface area contributed by atoms with Crippen molar-refractivity contribution < 1.29 is 14.3 Å². The van der Waals surface area contributed by atoms with Gasteiger partial charge in [0, 0.05) is 24.2 Å². The zero-order valence-electron chi connectivity index (χ0n) is 14.5. The lowest BCUT2D eigenvalue weighted by molar-refractivity contribution is -0.140. The molecule has 6 heteroatoms. The molecule has 0 saturated carbocycles. The summed E-state index contributed by atoms with van der Waals surface area (Å²) >= 11 is 0. The summed E-state index contributed by atoms with van der Waals surface area (Å²) in [6, 6.07) is 7.30. The number of aryl methyl sites for hydroxylation is 1. The molecule has 1 aromatic heterocycles. The molecule has 0 bridgehead atoms. The van der Waals surface area contributed by atoms with Crippen LogP contribution in [0, 0.1) is 13.8 Å². The highest BCUT2D eigenvalue weighted by Gasteiger charge is 2.14. The molecule has 0 saturated heterocycles. The maximum absolute atomic E-state index is 11.8. The predicted molar refractivity (Wildman–Crippen MR) is 91.4 cm³/mol. The highest BCUT2D eigenvalue weighted by atomic mass is 16.5. The third-order valence-electron chi connectivity index (χ3n) is 3.96. The number of esters is 1. The average molecular weight is 329 g/mol. The van der Waals surface area contributed by atoms with E-state index < -0.39 is 0 Å². The van der Waals surface area contributed by atoms with E-state index in [1.54, 1.807) is 12.1 Å². The van der Waals surface area contributed by atoms with Gasteiger partial charge in [0.25, 0.3) is 5.91 Å². The lowest BCUT2D eigenvalue weighted by Crippen LogP contribution is -2.22. The number of aromatic nitrogens is 2. The first-order valence-corrected chi connectivity index (χ1v) is 7.98. The highest BCUT2D eigenvalue weighted by molar-refractivity contribution is 5.94. The Kier molecular flexibility index (Phi) is 5.73. The number of hydrogen-bond donors (Lipinski definition) is 1. The summed E-state index contributed by atoms with van der Waals surface area (Å²) in [7, 11) is 1.39. The van der Waals surface area contributed by atoms with Gasteiger partial charge < -0.3 is 10.1 Å². The third kappa shape index (κ3) is 3.82. The number of amides is 1. The molecule has 24 heavy (non-hydrogen) atoms. The first-order chi connectivity index (χ1) is 11.5. The first kappa shape index (κ1) is 17.7. The standard InChI is InChI=1S/C18H23N3O3/c1-5-19-18(23)14-6-8-15(9-7-14)21-13(3)16(12(2)20-21)10-11-17(22)24-4/h6-9H,5,10-11H2,1-4H3,(H,19,23). The quantitative estimate of drug-likeness (QED) is 0.826. The number of nitrogens with one attached hydrogen (secondary N) is 1. The topological polar surface area (TPSA) is 73.2 Å². The molecule has 0 unspecified atom stereocenters. The molecule has 1 N–H and O–H groups in total. The van der Waals surface area contributed by atoms with E-state index >= 15 is 0 Å². The molecule has 128 valence electrons. The van der Waals surface area contributed by atoms with Crippen molar-refractivity contribution in [3.05, 3.63) is 46.8 Å². The van der Waals surface area contributed by atoms with E-state index in [0.717, 1.165) is 22.6 Å². The Labute approximate surface area is 141 Å². The maximum atomic E-state index is 11.8. The predicted octanol–water partition coefficient (Wildman–Crippen LogP) is 2.34. The van der Waals surface area contributed by atoms with E-state index in [9.17, 15) is 9.59 Å². The zero-order chi connectivity index (χ0) is 17.7. The number of hydrogen-bond acceptors (Lipinski definition) is 4. The molecule has 1 aromatic carbocycles. The minimum atomic E-state index is -0.229. The minimum absolute atomic E-state index is 0.0869. The monoisotopic (exact) mass is 329 g/mol. The maximum Gasteiger partial charge on any atom is 0.305 e. The van der Waals surface area contributed by atoms with Crippen LogP contribution in [0.1, 0.15) is 40.7 Å². The number of carbonyl (C=O) groups excluding carboxylic acids is 2. The van der Waals surface area contributed by atoms with Crippen molar-refractivity contribution in [3.63, 3.8) is 0 Å². The Morgan fingerprint density at radius 2 is 1.88 bits per heavy atom. The molecular formula is C18H23N3O3. The van der Waals surface area contributed by atoms with E-state index in [1.165, 1.54) is 7.11 Å². The van der Waals surface area contributed by atoms with Crippen LogP contribution in [0.25, 0.3) is 5.69 Å². The van der Waals surface area contributed by atoms with Gasteiger partial charge in [-0.1, -0.05) is 0 Å². The van der Waals surface area contributed by atoms with Gasteiger partial charge in [0.15, 0.2) is 0 Å². The largest absolute Gasteiger partial charge is 0.469 e. The van der Waals surface area contributed by atoms with Crippen molar-refractivity contribution in [1.82, 2.24) is 15.1 Å². The zero-order valence-corrected chi connectivity index (χ0v) is 14.5. The molecule has 0 aliphatic carbocycles. The normalized spacial score (nSPS) is 10.5. The van der Waals surface area contributed by atoms with Crippen LogP contribution < -0.4 is 5.32 Å². The van der Waals surface area contributed by atoms with Crippen molar-refractivity contribution in [1.29, 1.82) is 0 Å². The van der Waals surface area contributed by atoms with Gasteiger partial charge in [-0.15, -0.1) is 0 Å². The molecule has 0 atom stereocenters. The second kappa shape index (κ2) is 7.77. The first-order valence-electron chi connectivity index (χ1n) is 7.98. The lowest BCUT2D eigenvalue weighted by Gasteiger charge is -2.07. The Hall–Kier alpha value is -2.63. The molecule has 0 fully saturated rings. The van der Waals surface area contributed by atoms with Crippen LogP contribution in [0.2, 0.25) is 0 Å². The van der Waals surface area contributed by atoms with Crippen LogP contribution in [-0.4, -0.2) is 35.3 Å². The number of methoxy groups -OCH3 is 1. The molecule has 6 nitrogen and oxygen atoms in total. The van der Waals surface area contributed by atoms with Gasteiger partial charge in [-0.2, -0.15) is 5.10 Å². The molecule has 0 spiro atoms. The van der Waals surface area contributed by atoms with E-state index in [2.05, 4.69) is 10.4 Å². The fourth-order valence-electron chi connectivity index (χ4n) is 2.63. The van der Waals surface area contributed by atoms with E-state index in [4.69, 9.17) is 4.74 Å². The smallest absolute Gasteiger partial charge is 0.305 e. The van der Waals surface area contributed by atoms with Gasteiger partial charge in [-0.3, -0.25) is 9.59 Å². The Balaban J connectivity index is 2.23. The van der Waals surface area contributed by atoms with Crippen LogP contribution in [-0.2, 0) is 16.0 Å². The van der Waals surface area contributed by atoms with Gasteiger partial charge >= 0.3 is 5.97 Å². The second-order valence-electron chi connectivity index (χ2n) is 5.54. The molecule has 0 radical (unpaired) electrons. The lowest BCUT2D eigenvalue weighted by atomic mass is 10.1. The SMILES string of the molecule is CCNC(=O)c1ccc(-n2nc(C)c(CCC(=O)OC)c2C)cc1. The summed E-state index contributed by atoms with van der Waals surface area (Å²) in [5.41, 5.74) is 4.43. The van der Waals surface area contributed by atoms with E-state index in [0.29, 0.717) is 24.9 Å². The van der Waals surface area contributed by atoms with E-state index in [-0.39, 0.29) is 11.9 Å². The van der Waals surface area contributed by atoms with Crippen molar-refractivity contribution in [3.8, 4) is 5.69 Å². The Morgan fingerprint density at radius 1 is 1.21 bits per heavy atom. The third-order valence-corrected chi connectivity index (χ3v) is 3.96. The molecule has 1 heterocycles. The number of benzene rings is 1. The van der Waals surface area contributed by atoms with Gasteiger partial charge in [-0.25, -0.2) is 4.68 Å². The van der Waals surface area contributed by atoms with Crippen molar-refractivity contribution in [2.24, 2.45) is 0 Å². The minimum Gasteiger partial charge on any atom is -0.469 e. The number of ether oxygens (including phenoxy) is 1. The summed E-state index contributed by atoms with van der Waals surface area (Å²) in [4.78, 5) is 23.2. The van der Waals surface area contributed by atoms with Crippen LogP contribution in [0.15, 0.2) is 24.3 Å². The van der Waals surface area contributed by atoms with Crippen molar-refractivity contribution >= 4 is 11.9 Å². The molecule has 2 rings (SSSR count). The summed E-state index contributed by atoms with van der Waals surface area (Å²) in [6.45, 7) is 6.39. The van der Waals surface area contributed by atoms with E-state index in [1.807, 2.05) is 37.6 Å². The fraction of sp³-hybridized carbons (Fsp3) is 0.389. The van der Waals surface area contributed by atoms with Gasteiger partial charge in [0.2, 0.25) is 0 Å². The van der Waals surface area contributed by atoms with Crippen LogP contribution in [0.3, 0.4) is 0 Å². The van der Waals surface area contributed by atoms with Crippen LogP contribution in [0.4, 0.5) is 0 Å². The van der Waals surface area contributed by atoms with Crippen LogP contribution >= 0.6 is 0 Å². The summed E-state index contributed by atoms with van der Waals surface area (Å²) in [5.74, 6) is -0.316. The number of nitrogens with zero attached hydrogens (tertiary/aromatic N) is 2. The van der Waals surface area contributed by atoms with Gasteiger partial charge in [0.05, 0.1) is 18.5 Å². The fourth-order valence-corrected chi connectivity index (χ4v) is 2.63. The Bertz CT molecular complexity index is 733. The molecule has 0 aliphatic heterocycles. The summed E-state index contributed by atoms with van der Waals surface area (Å²) < 4.78 is 6.53. The molecular weight excluding hydrogens is 306 g/mol. The second-order valence-corrected chi connectivity index (χ2v) is 5.54. The van der Waals surface area contributed by atoms with Crippen molar-refractivity contribution in [2.45, 2.75) is 33.6 Å². The molecule has 1 amide bonds. The van der Waals surface area contributed by atoms with Crippen molar-refractivity contribution in [2.75, 3.05) is 13.7 Å². The molecule has 2 aromatic rings. The number of carbonyl (C=O) groups is 2. The Morgan fingerprint density at radius 3 is 2.46 bits per heavy atom. The van der Waals surface area contributed by atoms with Crippen LogP contribution in [0.5, 0.6) is 0 Å². The molecule has 0 aliphatic rings. The summed E-state index contributed by atoms with van der Waals surface area (Å²) in [6.07, 6.45) is 0.932.